The molecule has 0 atom stereocenters. The lowest BCUT2D eigenvalue weighted by atomic mass is 10.1. The van der Waals surface area contributed by atoms with Crippen LogP contribution in [0, 0.1) is 0 Å². The number of ether oxygens (including phenoxy) is 2. The maximum absolute atomic E-state index is 12.6. The van der Waals surface area contributed by atoms with E-state index in [4.69, 9.17) is 9.47 Å². The number of thioether (sulfide) groups is 1. The first-order valence-corrected chi connectivity index (χ1v) is 10.5. The highest BCUT2D eigenvalue weighted by atomic mass is 32.2. The Morgan fingerprint density at radius 1 is 1.15 bits per heavy atom. The maximum Gasteiger partial charge on any atom is 0.257 e. The average molecular weight is 403 g/mol. The number of rotatable bonds is 2. The quantitative estimate of drug-likeness (QED) is 0.821. The molecule has 0 fully saturated rings. The number of carbonyl (C=O) groups is 1. The number of benzene rings is 2. The van der Waals surface area contributed by atoms with Crippen molar-refractivity contribution in [2.24, 2.45) is 4.40 Å². The van der Waals surface area contributed by atoms with Crippen LogP contribution in [0.3, 0.4) is 0 Å². The molecule has 138 valence electrons. The third-order valence-electron chi connectivity index (χ3n) is 4.37. The minimum atomic E-state index is -3.40. The first-order chi connectivity index (χ1) is 13.0. The fourth-order valence-electron chi connectivity index (χ4n) is 3.05. The molecule has 0 unspecified atom stereocenters. The minimum Gasteiger partial charge on any atom is -0.454 e. The van der Waals surface area contributed by atoms with Gasteiger partial charge in [0.25, 0.3) is 15.9 Å². The molecule has 0 spiro atoms. The predicted octanol–water partition coefficient (Wildman–Crippen LogP) is 2.28. The fraction of sp³-hybridized carbons (Fsp3) is 0.176. The van der Waals surface area contributed by atoms with E-state index in [1.165, 1.54) is 11.8 Å². The van der Waals surface area contributed by atoms with E-state index in [-0.39, 0.29) is 18.5 Å². The van der Waals surface area contributed by atoms with E-state index >= 15 is 0 Å². The number of carbonyl (C=O) groups excluding carboxylic acids is 1. The summed E-state index contributed by atoms with van der Waals surface area (Å²) in [5.41, 5.74) is 1.95. The van der Waals surface area contributed by atoms with Gasteiger partial charge in [0.05, 0.1) is 11.4 Å². The fourth-order valence-corrected chi connectivity index (χ4v) is 5.35. The Hall–Kier alpha value is -2.72. The number of nitrogens with zero attached hydrogens (tertiary/aromatic N) is 2. The van der Waals surface area contributed by atoms with E-state index < -0.39 is 10.0 Å². The molecule has 0 aliphatic carbocycles. The first-order valence-electron chi connectivity index (χ1n) is 8.12. The Morgan fingerprint density at radius 2 is 2.00 bits per heavy atom. The summed E-state index contributed by atoms with van der Waals surface area (Å²) in [6.07, 6.45) is 0. The van der Waals surface area contributed by atoms with Gasteiger partial charge in [0.1, 0.15) is 0 Å². The summed E-state index contributed by atoms with van der Waals surface area (Å²) in [6.45, 7) is 0.536. The Morgan fingerprint density at radius 3 is 2.89 bits per heavy atom. The highest BCUT2D eigenvalue weighted by molar-refractivity contribution is 8.15. The molecule has 0 saturated carbocycles. The standard InChI is InChI=1S/C17H13N3O5S2/c21-16(18-11-2-4-13-14(8-11)25-9-24-13)10-1-3-12-15(7-10)26-17-19-27(22,23)6-5-20(12)17/h1-4,7-8H,5-6,9H2,(H,18,21). The Bertz CT molecular complexity index is 1110. The second-order valence-corrected chi connectivity index (χ2v) is 8.88. The molecule has 2 aromatic rings. The van der Waals surface area contributed by atoms with E-state index in [1.807, 2.05) is 11.0 Å². The molecule has 0 aromatic heterocycles. The number of amidine groups is 1. The summed E-state index contributed by atoms with van der Waals surface area (Å²) in [6, 6.07) is 10.5. The van der Waals surface area contributed by atoms with E-state index in [9.17, 15) is 13.2 Å². The summed E-state index contributed by atoms with van der Waals surface area (Å²) in [5.74, 6) is 0.961. The second kappa shape index (κ2) is 5.89. The van der Waals surface area contributed by atoms with E-state index in [1.54, 1.807) is 30.3 Å². The van der Waals surface area contributed by atoms with Gasteiger partial charge < -0.3 is 19.7 Å². The molecule has 3 aliphatic heterocycles. The molecule has 27 heavy (non-hydrogen) atoms. The predicted molar refractivity (Wildman–Crippen MR) is 101 cm³/mol. The second-order valence-electron chi connectivity index (χ2n) is 6.12. The maximum atomic E-state index is 12.6. The van der Waals surface area contributed by atoms with Gasteiger partial charge in [-0.1, -0.05) is 0 Å². The summed E-state index contributed by atoms with van der Waals surface area (Å²) in [5, 5.41) is 3.27. The smallest absolute Gasteiger partial charge is 0.257 e. The van der Waals surface area contributed by atoms with Crippen molar-refractivity contribution in [2.75, 3.05) is 29.3 Å². The van der Waals surface area contributed by atoms with Crippen molar-refractivity contribution in [3.05, 3.63) is 42.0 Å². The number of hydrogen-bond acceptors (Lipinski definition) is 7. The molecular formula is C17H13N3O5S2. The molecular weight excluding hydrogens is 390 g/mol. The molecule has 5 rings (SSSR count). The van der Waals surface area contributed by atoms with Crippen molar-refractivity contribution in [1.29, 1.82) is 0 Å². The summed E-state index contributed by atoms with van der Waals surface area (Å²) in [7, 11) is -3.40. The number of sulfonamides is 1. The van der Waals surface area contributed by atoms with Crippen LogP contribution in [0.1, 0.15) is 10.4 Å². The van der Waals surface area contributed by atoms with Crippen molar-refractivity contribution in [2.45, 2.75) is 4.90 Å². The van der Waals surface area contributed by atoms with Crippen molar-refractivity contribution in [3.8, 4) is 11.5 Å². The molecule has 3 aliphatic rings. The lowest BCUT2D eigenvalue weighted by Crippen LogP contribution is -2.35. The van der Waals surface area contributed by atoms with Crippen molar-refractivity contribution < 1.29 is 22.7 Å². The largest absolute Gasteiger partial charge is 0.454 e. The number of anilines is 2. The zero-order valence-corrected chi connectivity index (χ0v) is 15.5. The van der Waals surface area contributed by atoms with Crippen LogP contribution in [0.2, 0.25) is 0 Å². The lowest BCUT2D eigenvalue weighted by Gasteiger charge is -2.22. The Kier molecular flexibility index (Phi) is 3.59. The lowest BCUT2D eigenvalue weighted by molar-refractivity contribution is 0.102. The third kappa shape index (κ3) is 2.90. The van der Waals surface area contributed by atoms with Gasteiger partial charge in [-0.3, -0.25) is 4.79 Å². The highest BCUT2D eigenvalue weighted by Gasteiger charge is 2.33. The van der Waals surface area contributed by atoms with Crippen LogP contribution in [0.15, 0.2) is 45.7 Å². The van der Waals surface area contributed by atoms with Gasteiger partial charge in [0, 0.05) is 28.8 Å². The van der Waals surface area contributed by atoms with Crippen LogP contribution in [0.25, 0.3) is 0 Å². The average Bonchev–Trinajstić information content (AvgIpc) is 3.22. The van der Waals surface area contributed by atoms with Gasteiger partial charge in [-0.05, 0) is 42.1 Å². The van der Waals surface area contributed by atoms with Crippen LogP contribution in [0.4, 0.5) is 11.4 Å². The van der Waals surface area contributed by atoms with E-state index in [0.29, 0.717) is 34.5 Å². The summed E-state index contributed by atoms with van der Waals surface area (Å²) >= 11 is 1.26. The molecule has 1 amide bonds. The Balaban J connectivity index is 1.39. The van der Waals surface area contributed by atoms with E-state index in [2.05, 4.69) is 9.71 Å². The molecule has 0 bridgehead atoms. The SMILES string of the molecule is O=C(Nc1ccc2c(c1)OCO2)c1ccc2c(c1)SC1=NS(=O)(=O)CCN12. The van der Waals surface area contributed by atoms with E-state index in [0.717, 1.165) is 10.6 Å². The van der Waals surface area contributed by atoms with Crippen LogP contribution in [0.5, 0.6) is 11.5 Å². The molecule has 0 radical (unpaired) electrons. The van der Waals surface area contributed by atoms with Crippen molar-refractivity contribution >= 4 is 44.2 Å². The van der Waals surface area contributed by atoms with Crippen LogP contribution in [-0.2, 0) is 10.0 Å². The summed E-state index contributed by atoms with van der Waals surface area (Å²) < 4.78 is 37.8. The summed E-state index contributed by atoms with van der Waals surface area (Å²) in [4.78, 5) is 15.3. The van der Waals surface area contributed by atoms with Gasteiger partial charge in [0.15, 0.2) is 16.7 Å². The topological polar surface area (TPSA) is 97.3 Å². The molecule has 2 aromatic carbocycles. The van der Waals surface area contributed by atoms with Gasteiger partial charge >= 0.3 is 0 Å². The molecule has 1 N–H and O–H groups in total. The van der Waals surface area contributed by atoms with Crippen LogP contribution >= 0.6 is 11.8 Å². The number of nitrogens with one attached hydrogen (secondary N) is 1. The molecule has 0 saturated heterocycles. The van der Waals surface area contributed by atoms with Crippen molar-refractivity contribution in [1.82, 2.24) is 0 Å². The number of hydrogen-bond donors (Lipinski definition) is 1. The number of fused-ring (bicyclic) bond motifs is 4. The van der Waals surface area contributed by atoms with Gasteiger partial charge in [-0.25, -0.2) is 8.42 Å². The van der Waals surface area contributed by atoms with Crippen molar-refractivity contribution in [3.63, 3.8) is 0 Å². The molecule has 10 heteroatoms. The number of amides is 1. The zero-order chi connectivity index (χ0) is 18.6. The van der Waals surface area contributed by atoms with Crippen LogP contribution in [-0.4, -0.2) is 38.6 Å². The third-order valence-corrected chi connectivity index (χ3v) is 6.67. The molecule has 3 heterocycles. The van der Waals surface area contributed by atoms with Gasteiger partial charge in [-0.2, -0.15) is 0 Å². The highest BCUT2D eigenvalue weighted by Crippen LogP contribution is 2.42. The normalized spacial score (nSPS) is 18.5. The van der Waals surface area contributed by atoms with Gasteiger partial charge in [0.2, 0.25) is 6.79 Å². The van der Waals surface area contributed by atoms with Crippen LogP contribution < -0.4 is 19.7 Å². The van der Waals surface area contributed by atoms with Gasteiger partial charge in [-0.15, -0.1) is 4.40 Å². The molecule has 8 nitrogen and oxygen atoms in total. The minimum absolute atomic E-state index is 0.0111. The Labute approximate surface area is 159 Å². The first kappa shape index (κ1) is 16.5. The zero-order valence-electron chi connectivity index (χ0n) is 13.8. The monoisotopic (exact) mass is 403 g/mol.